The molecule has 1 aliphatic carbocycles. The average Bonchev–Trinajstić information content (AvgIpc) is 3.16. The van der Waals surface area contributed by atoms with Crippen molar-refractivity contribution in [2.45, 2.75) is 58.0 Å². The van der Waals surface area contributed by atoms with Crippen LogP contribution in [0.4, 0.5) is 5.82 Å². The second-order valence-corrected chi connectivity index (χ2v) is 7.80. The molecule has 4 heterocycles. The summed E-state index contributed by atoms with van der Waals surface area (Å²) in [4.78, 5) is 28.5. The topological polar surface area (TPSA) is 76.8 Å². The summed E-state index contributed by atoms with van der Waals surface area (Å²) < 4.78 is 1.67. The van der Waals surface area contributed by atoms with Crippen molar-refractivity contribution in [3.8, 4) is 0 Å². The molecule has 7 nitrogen and oxygen atoms in total. The molecule has 0 radical (unpaired) electrons. The number of fused-ring (bicyclic) bond motifs is 2. The summed E-state index contributed by atoms with van der Waals surface area (Å²) in [6.45, 7) is 3.42. The number of rotatable bonds is 3. The maximum atomic E-state index is 12.6. The lowest BCUT2D eigenvalue weighted by atomic mass is 9.97. The van der Waals surface area contributed by atoms with Crippen LogP contribution in [-0.4, -0.2) is 37.3 Å². The highest BCUT2D eigenvalue weighted by Crippen LogP contribution is 2.30. The Labute approximate surface area is 163 Å². The highest BCUT2D eigenvalue weighted by molar-refractivity contribution is 5.87. The fourth-order valence-electron chi connectivity index (χ4n) is 4.51. The second kappa shape index (κ2) is 6.96. The Morgan fingerprint density at radius 3 is 3.00 bits per heavy atom. The molecule has 0 bridgehead atoms. The Morgan fingerprint density at radius 2 is 2.07 bits per heavy atom. The zero-order valence-corrected chi connectivity index (χ0v) is 16.1. The molecule has 2 aliphatic rings. The van der Waals surface area contributed by atoms with E-state index in [1.54, 1.807) is 16.9 Å². The molecule has 0 amide bonds. The lowest BCUT2D eigenvalue weighted by Gasteiger charge is -2.27. The molecule has 28 heavy (non-hydrogen) atoms. The zero-order valence-electron chi connectivity index (χ0n) is 16.1. The van der Waals surface area contributed by atoms with E-state index in [-0.39, 0.29) is 11.6 Å². The van der Waals surface area contributed by atoms with E-state index < -0.39 is 0 Å². The maximum absolute atomic E-state index is 12.6. The number of anilines is 1. The van der Waals surface area contributed by atoms with Gasteiger partial charge in [-0.1, -0.05) is 0 Å². The number of aromatic nitrogens is 5. The molecular formula is C21H24N6O. The highest BCUT2D eigenvalue weighted by Gasteiger charge is 2.29. The third-order valence-corrected chi connectivity index (χ3v) is 5.87. The first kappa shape index (κ1) is 17.3. The van der Waals surface area contributed by atoms with Gasteiger partial charge in [0.15, 0.2) is 5.65 Å². The van der Waals surface area contributed by atoms with Crippen LogP contribution in [0.5, 0.6) is 0 Å². The van der Waals surface area contributed by atoms with Crippen LogP contribution >= 0.6 is 0 Å². The summed E-state index contributed by atoms with van der Waals surface area (Å²) in [6, 6.07) is 5.94. The van der Waals surface area contributed by atoms with Crippen molar-refractivity contribution in [3.63, 3.8) is 0 Å². The summed E-state index contributed by atoms with van der Waals surface area (Å²) >= 11 is 0. The number of aryl methyl sites for hydroxylation is 3. The van der Waals surface area contributed by atoms with Gasteiger partial charge in [-0.3, -0.25) is 4.79 Å². The van der Waals surface area contributed by atoms with Crippen molar-refractivity contribution in [2.75, 3.05) is 11.4 Å². The molecule has 1 saturated heterocycles. The van der Waals surface area contributed by atoms with Crippen LogP contribution in [0, 0.1) is 6.92 Å². The van der Waals surface area contributed by atoms with E-state index in [2.05, 4.69) is 14.9 Å². The van der Waals surface area contributed by atoms with Gasteiger partial charge < -0.3 is 4.90 Å². The van der Waals surface area contributed by atoms with Crippen LogP contribution in [0.2, 0.25) is 0 Å². The molecule has 7 heteroatoms. The van der Waals surface area contributed by atoms with Gasteiger partial charge in [0.2, 0.25) is 0 Å². The summed E-state index contributed by atoms with van der Waals surface area (Å²) in [6.07, 6.45) is 8.13. The quantitative estimate of drug-likeness (QED) is 0.699. The van der Waals surface area contributed by atoms with Gasteiger partial charge >= 0.3 is 0 Å². The predicted octanol–water partition coefficient (Wildman–Crippen LogP) is 2.44. The molecule has 1 atom stereocenters. The van der Waals surface area contributed by atoms with Crippen molar-refractivity contribution in [1.29, 1.82) is 0 Å². The summed E-state index contributed by atoms with van der Waals surface area (Å²) in [5.74, 6) is 1.64. The Hall–Kier alpha value is -2.83. The first-order chi connectivity index (χ1) is 13.7. The monoisotopic (exact) mass is 376 g/mol. The first-order valence-corrected chi connectivity index (χ1v) is 10.1. The third kappa shape index (κ3) is 3.04. The number of nitrogens with zero attached hydrogens (tertiary/aromatic N) is 6. The lowest BCUT2D eigenvalue weighted by Crippen LogP contribution is -2.38. The Bertz CT molecular complexity index is 1090. The smallest absolute Gasteiger partial charge is 0.267 e. The summed E-state index contributed by atoms with van der Waals surface area (Å²) in [5.41, 5.74) is 2.97. The van der Waals surface area contributed by atoms with Gasteiger partial charge in [-0.25, -0.2) is 19.6 Å². The highest BCUT2D eigenvalue weighted by atomic mass is 16.1. The molecule has 0 saturated carbocycles. The van der Waals surface area contributed by atoms with Gasteiger partial charge in [0, 0.05) is 18.8 Å². The van der Waals surface area contributed by atoms with Gasteiger partial charge in [-0.2, -0.15) is 5.10 Å². The number of pyridine rings is 1. The average molecular weight is 376 g/mol. The van der Waals surface area contributed by atoms with E-state index >= 15 is 0 Å². The fraction of sp³-hybridized carbons (Fsp3) is 0.476. The van der Waals surface area contributed by atoms with E-state index in [1.807, 2.05) is 19.1 Å². The largest absolute Gasteiger partial charge is 0.351 e. The molecule has 1 aliphatic heterocycles. The standard InChI is InChI=1S/C21H24N6O/c1-14-23-20-17(8-4-10-22-20)21(24-14)26-11-5-7-16(26)13-27-19(28)12-15-6-2-3-9-18(15)25-27/h4,8,10,12,16H,2-3,5-7,9,11,13H2,1H3. The Balaban J connectivity index is 1.50. The molecule has 3 aromatic heterocycles. The molecule has 0 aromatic carbocycles. The van der Waals surface area contributed by atoms with Crippen LogP contribution in [0.3, 0.4) is 0 Å². The molecule has 0 N–H and O–H groups in total. The Morgan fingerprint density at radius 1 is 1.18 bits per heavy atom. The number of hydrogen-bond donors (Lipinski definition) is 0. The van der Waals surface area contributed by atoms with Gasteiger partial charge in [-0.05, 0) is 63.1 Å². The Kier molecular flexibility index (Phi) is 4.30. The van der Waals surface area contributed by atoms with E-state index in [0.717, 1.165) is 79.0 Å². The second-order valence-electron chi connectivity index (χ2n) is 7.80. The maximum Gasteiger partial charge on any atom is 0.267 e. The molecular weight excluding hydrogens is 352 g/mol. The third-order valence-electron chi connectivity index (χ3n) is 5.87. The predicted molar refractivity (Wildman–Crippen MR) is 108 cm³/mol. The molecule has 5 rings (SSSR count). The normalized spacial score (nSPS) is 19.2. The van der Waals surface area contributed by atoms with Gasteiger partial charge in [0.05, 0.1) is 23.7 Å². The molecule has 3 aromatic rings. The first-order valence-electron chi connectivity index (χ1n) is 10.1. The van der Waals surface area contributed by atoms with E-state index in [9.17, 15) is 4.79 Å². The van der Waals surface area contributed by atoms with Gasteiger partial charge in [-0.15, -0.1) is 0 Å². The van der Waals surface area contributed by atoms with Crippen molar-refractivity contribution in [2.24, 2.45) is 0 Å². The van der Waals surface area contributed by atoms with Crippen molar-refractivity contribution in [1.82, 2.24) is 24.7 Å². The van der Waals surface area contributed by atoms with Crippen molar-refractivity contribution < 1.29 is 0 Å². The zero-order chi connectivity index (χ0) is 19.1. The van der Waals surface area contributed by atoms with E-state index in [0.29, 0.717) is 6.54 Å². The van der Waals surface area contributed by atoms with Gasteiger partial charge in [0.25, 0.3) is 5.56 Å². The van der Waals surface area contributed by atoms with Crippen LogP contribution in [0.1, 0.15) is 42.8 Å². The fourth-order valence-corrected chi connectivity index (χ4v) is 4.51. The minimum atomic E-state index is 0.0119. The van der Waals surface area contributed by atoms with Crippen LogP contribution < -0.4 is 10.5 Å². The SMILES string of the molecule is Cc1nc(N2CCCC2Cn2nc3c(cc2=O)CCCC3)c2cccnc2n1. The van der Waals surface area contributed by atoms with Crippen molar-refractivity contribution >= 4 is 16.9 Å². The van der Waals surface area contributed by atoms with Crippen LogP contribution in [-0.2, 0) is 19.4 Å². The molecule has 1 unspecified atom stereocenters. The minimum absolute atomic E-state index is 0.0119. The van der Waals surface area contributed by atoms with E-state index in [4.69, 9.17) is 10.1 Å². The number of hydrogen-bond acceptors (Lipinski definition) is 6. The molecule has 144 valence electrons. The van der Waals surface area contributed by atoms with Crippen LogP contribution in [0.25, 0.3) is 11.0 Å². The van der Waals surface area contributed by atoms with Crippen LogP contribution in [0.15, 0.2) is 29.2 Å². The summed E-state index contributed by atoms with van der Waals surface area (Å²) in [7, 11) is 0. The molecule has 1 fully saturated rings. The van der Waals surface area contributed by atoms with E-state index in [1.165, 1.54) is 0 Å². The minimum Gasteiger partial charge on any atom is -0.351 e. The summed E-state index contributed by atoms with van der Waals surface area (Å²) in [5, 5.41) is 5.68. The van der Waals surface area contributed by atoms with Crippen molar-refractivity contribution in [3.05, 3.63) is 51.8 Å². The molecule has 0 spiro atoms. The van der Waals surface area contributed by atoms with Gasteiger partial charge in [0.1, 0.15) is 11.6 Å². The lowest BCUT2D eigenvalue weighted by molar-refractivity contribution is 0.472.